The first-order valence-electron chi connectivity index (χ1n) is 11.2. The number of hydrogen-bond donors (Lipinski definition) is 3. The number of nitrogens with one attached hydrogen (secondary N) is 2. The van der Waals surface area contributed by atoms with Gasteiger partial charge in [0.15, 0.2) is 5.65 Å². The van der Waals surface area contributed by atoms with E-state index in [2.05, 4.69) is 32.4 Å². The minimum Gasteiger partial charge on any atom is -0.383 e. The van der Waals surface area contributed by atoms with Gasteiger partial charge in [-0.3, -0.25) is 0 Å². The quantitative estimate of drug-likeness (QED) is 0.388. The Labute approximate surface area is 189 Å². The molecule has 0 radical (unpaired) electrons. The van der Waals surface area contributed by atoms with Gasteiger partial charge in [0.05, 0.1) is 11.4 Å². The molecule has 0 bridgehead atoms. The molecule has 6 rings (SSSR count). The monoisotopic (exact) mass is 441 g/mol. The summed E-state index contributed by atoms with van der Waals surface area (Å²) < 4.78 is 16.1. The number of fused-ring (bicyclic) bond motifs is 2. The Morgan fingerprint density at radius 1 is 1.06 bits per heavy atom. The molecular formula is C25H24FN7. The molecule has 0 spiro atoms. The number of H-pyrrole nitrogens is 1. The van der Waals surface area contributed by atoms with Crippen LogP contribution in [0.15, 0.2) is 54.9 Å². The lowest BCUT2D eigenvalue weighted by atomic mass is 10.1. The van der Waals surface area contributed by atoms with Crippen LogP contribution in [0.3, 0.4) is 0 Å². The van der Waals surface area contributed by atoms with Crippen molar-refractivity contribution in [1.82, 2.24) is 30.0 Å². The number of halogens is 1. The van der Waals surface area contributed by atoms with Crippen molar-refractivity contribution in [3.63, 3.8) is 0 Å². The van der Waals surface area contributed by atoms with Gasteiger partial charge >= 0.3 is 0 Å². The zero-order valence-corrected chi connectivity index (χ0v) is 18.1. The van der Waals surface area contributed by atoms with E-state index >= 15 is 0 Å². The van der Waals surface area contributed by atoms with Crippen molar-refractivity contribution in [3.05, 3.63) is 71.9 Å². The average molecular weight is 442 g/mol. The van der Waals surface area contributed by atoms with E-state index in [1.165, 1.54) is 12.4 Å². The molecule has 1 aliphatic rings. The first-order valence-corrected chi connectivity index (χ1v) is 11.2. The van der Waals surface area contributed by atoms with Crippen molar-refractivity contribution in [3.8, 4) is 11.3 Å². The van der Waals surface area contributed by atoms with Gasteiger partial charge in [0.25, 0.3) is 0 Å². The Balaban J connectivity index is 1.42. The van der Waals surface area contributed by atoms with Gasteiger partial charge in [-0.1, -0.05) is 24.3 Å². The maximum atomic E-state index is 14.1. The Morgan fingerprint density at radius 3 is 2.76 bits per heavy atom. The SMILES string of the molecule is Nc1ncnc2c1c(-c1ccc3[nH]c(Cc4ccccc4F)cc3c1)nn2C1CCNCC1. The predicted molar refractivity (Wildman–Crippen MR) is 127 cm³/mol. The fourth-order valence-corrected chi connectivity index (χ4v) is 4.79. The maximum absolute atomic E-state index is 14.1. The molecule has 166 valence electrons. The van der Waals surface area contributed by atoms with Crippen LogP contribution in [0.1, 0.15) is 30.1 Å². The highest BCUT2D eigenvalue weighted by Crippen LogP contribution is 2.34. The van der Waals surface area contributed by atoms with Crippen molar-refractivity contribution in [1.29, 1.82) is 0 Å². The number of benzene rings is 2. The fourth-order valence-electron chi connectivity index (χ4n) is 4.79. The van der Waals surface area contributed by atoms with Crippen molar-refractivity contribution < 1.29 is 4.39 Å². The lowest BCUT2D eigenvalue weighted by Gasteiger charge is -2.23. The van der Waals surface area contributed by atoms with E-state index in [0.717, 1.165) is 64.8 Å². The molecule has 1 fully saturated rings. The predicted octanol–water partition coefficient (Wildman–Crippen LogP) is 4.21. The number of nitrogens with zero attached hydrogens (tertiary/aromatic N) is 4. The molecule has 0 atom stereocenters. The number of rotatable bonds is 4. The molecule has 1 aliphatic heterocycles. The van der Waals surface area contributed by atoms with E-state index in [4.69, 9.17) is 10.8 Å². The normalized spacial score (nSPS) is 14.9. The number of nitrogen functional groups attached to an aromatic ring is 1. The summed E-state index contributed by atoms with van der Waals surface area (Å²) in [6, 6.07) is 15.4. The van der Waals surface area contributed by atoms with Crippen LogP contribution in [-0.4, -0.2) is 37.8 Å². The van der Waals surface area contributed by atoms with Crippen molar-refractivity contribution in [2.75, 3.05) is 18.8 Å². The summed E-state index contributed by atoms with van der Waals surface area (Å²) in [4.78, 5) is 12.2. The Morgan fingerprint density at radius 2 is 1.91 bits per heavy atom. The van der Waals surface area contributed by atoms with Gasteiger partial charge in [-0.05, 0) is 55.8 Å². The molecule has 0 saturated carbocycles. The third kappa shape index (κ3) is 3.52. The zero-order valence-electron chi connectivity index (χ0n) is 18.1. The molecular weight excluding hydrogens is 417 g/mol. The van der Waals surface area contributed by atoms with Crippen molar-refractivity contribution in [2.24, 2.45) is 0 Å². The number of aromatic amines is 1. The molecule has 33 heavy (non-hydrogen) atoms. The van der Waals surface area contributed by atoms with Crippen LogP contribution in [0.2, 0.25) is 0 Å². The van der Waals surface area contributed by atoms with Crippen LogP contribution in [0.25, 0.3) is 33.2 Å². The third-order valence-electron chi connectivity index (χ3n) is 6.46. The lowest BCUT2D eigenvalue weighted by molar-refractivity contribution is 0.350. The second-order valence-electron chi connectivity index (χ2n) is 8.60. The molecule has 0 aliphatic carbocycles. The smallest absolute Gasteiger partial charge is 0.164 e. The molecule has 8 heteroatoms. The second-order valence-corrected chi connectivity index (χ2v) is 8.60. The highest BCUT2D eigenvalue weighted by Gasteiger charge is 2.23. The van der Waals surface area contributed by atoms with Crippen LogP contribution < -0.4 is 11.1 Å². The molecule has 0 unspecified atom stereocenters. The van der Waals surface area contributed by atoms with Crippen molar-refractivity contribution >= 4 is 27.8 Å². The van der Waals surface area contributed by atoms with Crippen LogP contribution >= 0.6 is 0 Å². The Hall–Kier alpha value is -3.78. The number of piperidine rings is 1. The van der Waals surface area contributed by atoms with E-state index in [9.17, 15) is 4.39 Å². The van der Waals surface area contributed by atoms with Gasteiger partial charge in [-0.25, -0.2) is 19.0 Å². The van der Waals surface area contributed by atoms with E-state index in [0.29, 0.717) is 17.8 Å². The molecule has 0 amide bonds. The molecule has 2 aromatic carbocycles. The van der Waals surface area contributed by atoms with Gasteiger partial charge in [0, 0.05) is 28.6 Å². The molecule has 4 N–H and O–H groups in total. The van der Waals surface area contributed by atoms with E-state index in [-0.39, 0.29) is 11.9 Å². The molecule has 1 saturated heterocycles. The molecule has 5 aromatic rings. The molecule has 3 aromatic heterocycles. The summed E-state index contributed by atoms with van der Waals surface area (Å²) in [7, 11) is 0. The standard InChI is InChI=1S/C25H24FN7/c26-20-4-2-1-3-15(20)12-18-13-17-11-16(5-6-21(17)31-18)23-22-24(27)29-14-30-25(22)33(32-23)19-7-9-28-10-8-19/h1-6,11,13-14,19,28,31H,7-10,12H2,(H2,27,29,30). The van der Waals surface area contributed by atoms with Crippen LogP contribution in [0.5, 0.6) is 0 Å². The van der Waals surface area contributed by atoms with Gasteiger partial charge in [0.2, 0.25) is 0 Å². The Bertz CT molecular complexity index is 1460. The van der Waals surface area contributed by atoms with Crippen LogP contribution in [0.4, 0.5) is 10.2 Å². The number of nitrogens with two attached hydrogens (primary N) is 1. The van der Waals surface area contributed by atoms with Gasteiger partial charge in [-0.15, -0.1) is 0 Å². The number of aromatic nitrogens is 5. The third-order valence-corrected chi connectivity index (χ3v) is 6.46. The summed E-state index contributed by atoms with van der Waals surface area (Å²) in [5.41, 5.74) is 11.4. The van der Waals surface area contributed by atoms with E-state index < -0.39 is 0 Å². The number of hydrogen-bond acceptors (Lipinski definition) is 5. The minimum atomic E-state index is -0.192. The summed E-state index contributed by atoms with van der Waals surface area (Å²) in [5, 5.41) is 10.2. The maximum Gasteiger partial charge on any atom is 0.164 e. The van der Waals surface area contributed by atoms with Gasteiger partial charge in [-0.2, -0.15) is 5.10 Å². The van der Waals surface area contributed by atoms with Gasteiger partial charge in [0.1, 0.15) is 23.7 Å². The second kappa shape index (κ2) is 7.97. The summed E-state index contributed by atoms with van der Waals surface area (Å²) in [6.45, 7) is 1.92. The Kier molecular flexibility index (Phi) is 4.80. The molecule has 7 nitrogen and oxygen atoms in total. The van der Waals surface area contributed by atoms with Crippen molar-refractivity contribution in [2.45, 2.75) is 25.3 Å². The highest BCUT2D eigenvalue weighted by atomic mass is 19.1. The molecule has 4 heterocycles. The highest BCUT2D eigenvalue weighted by molar-refractivity contribution is 6.00. The summed E-state index contributed by atoms with van der Waals surface area (Å²) in [6.07, 6.45) is 4.00. The first kappa shape index (κ1) is 19.9. The van der Waals surface area contributed by atoms with Gasteiger partial charge < -0.3 is 16.0 Å². The zero-order chi connectivity index (χ0) is 22.4. The average Bonchev–Trinajstić information content (AvgIpc) is 3.42. The topological polar surface area (TPSA) is 97.4 Å². The fraction of sp³-hybridized carbons (Fsp3) is 0.240. The van der Waals surface area contributed by atoms with Crippen LogP contribution in [-0.2, 0) is 6.42 Å². The van der Waals surface area contributed by atoms with Crippen LogP contribution in [0, 0.1) is 5.82 Å². The van der Waals surface area contributed by atoms with E-state index in [1.807, 2.05) is 28.9 Å². The summed E-state index contributed by atoms with van der Waals surface area (Å²) >= 11 is 0. The number of anilines is 1. The van der Waals surface area contributed by atoms with E-state index in [1.54, 1.807) is 6.07 Å². The summed E-state index contributed by atoms with van der Waals surface area (Å²) in [5.74, 6) is 0.242. The minimum absolute atomic E-state index is 0.192. The first-order chi connectivity index (χ1) is 16.2. The largest absolute Gasteiger partial charge is 0.383 e. The lowest BCUT2D eigenvalue weighted by Crippen LogP contribution is -2.30.